The van der Waals surface area contributed by atoms with Crippen LogP contribution in [0.15, 0.2) is 34.5 Å². The molecule has 1 aliphatic heterocycles. The standard InChI is InChI=1S/C19H21N5O/c1-4-5-11-19(23-24-19)12-10-17(25)20-16-9-7-6-8-15(16)18-13(2)21-22-14(18)3/h1,6-9H,5,10-12H2,2-3H3,(H,20,25)(H,21,22). The minimum atomic E-state index is -0.430. The zero-order valence-corrected chi connectivity index (χ0v) is 14.5. The number of aromatic amines is 1. The fourth-order valence-electron chi connectivity index (χ4n) is 2.95. The quantitative estimate of drug-likeness (QED) is 0.750. The van der Waals surface area contributed by atoms with E-state index in [9.17, 15) is 4.79 Å². The average molecular weight is 335 g/mol. The summed E-state index contributed by atoms with van der Waals surface area (Å²) >= 11 is 0. The molecule has 1 amide bonds. The van der Waals surface area contributed by atoms with Crippen molar-refractivity contribution in [2.45, 2.75) is 45.2 Å². The van der Waals surface area contributed by atoms with Gasteiger partial charge in [0.25, 0.3) is 0 Å². The number of nitrogens with one attached hydrogen (secondary N) is 2. The van der Waals surface area contributed by atoms with Crippen LogP contribution in [0.1, 0.15) is 37.1 Å². The lowest BCUT2D eigenvalue weighted by molar-refractivity contribution is -0.116. The van der Waals surface area contributed by atoms with Crippen molar-refractivity contribution in [1.82, 2.24) is 10.2 Å². The third-order valence-electron chi connectivity index (χ3n) is 4.40. The summed E-state index contributed by atoms with van der Waals surface area (Å²) in [6.07, 6.45) is 7.57. The SMILES string of the molecule is C#CCCC1(CCC(=O)Nc2ccccc2-c2c(C)n[nH]c2C)N=N1. The Morgan fingerprint density at radius 1 is 1.28 bits per heavy atom. The van der Waals surface area contributed by atoms with Gasteiger partial charge in [0.15, 0.2) is 5.66 Å². The first-order chi connectivity index (χ1) is 12.0. The van der Waals surface area contributed by atoms with Crippen LogP contribution in [0, 0.1) is 26.2 Å². The summed E-state index contributed by atoms with van der Waals surface area (Å²) in [6, 6.07) is 7.75. The van der Waals surface area contributed by atoms with Crippen LogP contribution in [0.25, 0.3) is 11.1 Å². The molecule has 0 fully saturated rings. The van der Waals surface area contributed by atoms with Gasteiger partial charge < -0.3 is 5.32 Å². The highest BCUT2D eigenvalue weighted by Gasteiger charge is 2.39. The number of hydrogen-bond acceptors (Lipinski definition) is 4. The second-order valence-electron chi connectivity index (χ2n) is 6.29. The van der Waals surface area contributed by atoms with E-state index < -0.39 is 5.66 Å². The molecule has 0 saturated carbocycles. The molecule has 2 aromatic rings. The normalized spacial score (nSPS) is 14.1. The molecule has 0 spiro atoms. The molecular weight excluding hydrogens is 314 g/mol. The lowest BCUT2D eigenvalue weighted by Gasteiger charge is -2.13. The third-order valence-corrected chi connectivity index (χ3v) is 4.40. The summed E-state index contributed by atoms with van der Waals surface area (Å²) < 4.78 is 0. The lowest BCUT2D eigenvalue weighted by atomic mass is 10.0. The first-order valence-electron chi connectivity index (χ1n) is 8.33. The van der Waals surface area contributed by atoms with Gasteiger partial charge in [-0.2, -0.15) is 15.3 Å². The molecule has 1 aromatic carbocycles. The van der Waals surface area contributed by atoms with Gasteiger partial charge in [-0.15, -0.1) is 12.3 Å². The number of aryl methyl sites for hydroxylation is 2. The number of anilines is 1. The van der Waals surface area contributed by atoms with Gasteiger partial charge in [-0.25, -0.2) is 0 Å². The van der Waals surface area contributed by atoms with E-state index in [1.165, 1.54) is 0 Å². The number of carbonyl (C=O) groups excluding carboxylic acids is 1. The largest absolute Gasteiger partial charge is 0.326 e. The van der Waals surface area contributed by atoms with Gasteiger partial charge in [-0.05, 0) is 19.9 Å². The van der Waals surface area contributed by atoms with E-state index in [1.54, 1.807) is 0 Å². The monoisotopic (exact) mass is 335 g/mol. The molecule has 6 nitrogen and oxygen atoms in total. The fourth-order valence-corrected chi connectivity index (χ4v) is 2.95. The Kier molecular flexibility index (Phi) is 4.66. The first-order valence-corrected chi connectivity index (χ1v) is 8.33. The van der Waals surface area contributed by atoms with E-state index in [0.717, 1.165) is 28.2 Å². The van der Waals surface area contributed by atoms with Crippen LogP contribution >= 0.6 is 0 Å². The lowest BCUT2D eigenvalue weighted by Crippen LogP contribution is -2.18. The maximum atomic E-state index is 12.4. The molecule has 0 saturated heterocycles. The summed E-state index contributed by atoms with van der Waals surface area (Å²) in [5, 5.41) is 18.4. The number of H-pyrrole nitrogens is 1. The van der Waals surface area contributed by atoms with Crippen molar-refractivity contribution in [2.24, 2.45) is 10.2 Å². The predicted molar refractivity (Wildman–Crippen MR) is 97.0 cm³/mol. The molecular formula is C19H21N5O. The van der Waals surface area contributed by atoms with Gasteiger partial charge in [-0.3, -0.25) is 9.89 Å². The average Bonchev–Trinajstić information content (AvgIpc) is 3.31. The molecule has 0 unspecified atom stereocenters. The topological polar surface area (TPSA) is 82.5 Å². The van der Waals surface area contributed by atoms with Crippen LogP contribution < -0.4 is 5.32 Å². The van der Waals surface area contributed by atoms with E-state index >= 15 is 0 Å². The number of hydrogen-bond donors (Lipinski definition) is 2. The van der Waals surface area contributed by atoms with Crippen molar-refractivity contribution in [1.29, 1.82) is 0 Å². The van der Waals surface area contributed by atoms with Gasteiger partial charge in [0, 0.05) is 48.2 Å². The number of amides is 1. The summed E-state index contributed by atoms with van der Waals surface area (Å²) in [7, 11) is 0. The van der Waals surface area contributed by atoms with Gasteiger partial charge in [0.2, 0.25) is 5.91 Å². The summed E-state index contributed by atoms with van der Waals surface area (Å²) in [5.74, 6) is 2.54. The number of para-hydroxylation sites is 1. The van der Waals surface area contributed by atoms with Crippen LogP contribution in [-0.2, 0) is 4.79 Å². The summed E-state index contributed by atoms with van der Waals surface area (Å²) in [5.41, 5.74) is 4.21. The highest BCUT2D eigenvalue weighted by molar-refractivity contribution is 5.96. The molecule has 0 atom stereocenters. The molecule has 2 N–H and O–H groups in total. The molecule has 3 rings (SSSR count). The van der Waals surface area contributed by atoms with Gasteiger partial charge >= 0.3 is 0 Å². The molecule has 0 radical (unpaired) electrons. The fraction of sp³-hybridized carbons (Fsp3) is 0.368. The molecule has 0 aliphatic carbocycles. The van der Waals surface area contributed by atoms with Gasteiger partial charge in [0.05, 0.1) is 5.69 Å². The zero-order valence-electron chi connectivity index (χ0n) is 14.5. The van der Waals surface area contributed by atoms with Crippen LogP contribution in [0.5, 0.6) is 0 Å². The van der Waals surface area contributed by atoms with E-state index in [4.69, 9.17) is 6.42 Å². The van der Waals surface area contributed by atoms with Gasteiger partial charge in [0.1, 0.15) is 0 Å². The zero-order chi connectivity index (χ0) is 17.9. The van der Waals surface area contributed by atoms with Gasteiger partial charge in [-0.1, -0.05) is 18.2 Å². The Morgan fingerprint density at radius 3 is 2.68 bits per heavy atom. The molecule has 2 heterocycles. The minimum absolute atomic E-state index is 0.0522. The Labute approximate surface area is 147 Å². The molecule has 6 heteroatoms. The maximum Gasteiger partial charge on any atom is 0.224 e. The van der Waals surface area contributed by atoms with Crippen LogP contribution in [0.3, 0.4) is 0 Å². The highest BCUT2D eigenvalue weighted by Crippen LogP contribution is 2.38. The second-order valence-corrected chi connectivity index (χ2v) is 6.29. The number of aromatic nitrogens is 2. The van der Waals surface area contributed by atoms with E-state index in [2.05, 4.69) is 31.7 Å². The van der Waals surface area contributed by atoms with Crippen molar-refractivity contribution in [3.63, 3.8) is 0 Å². The number of benzene rings is 1. The Hall–Kier alpha value is -2.94. The summed E-state index contributed by atoms with van der Waals surface area (Å²) in [6.45, 7) is 3.92. The van der Waals surface area contributed by atoms with Crippen molar-refractivity contribution in [3.8, 4) is 23.5 Å². The summed E-state index contributed by atoms with van der Waals surface area (Å²) in [4.78, 5) is 12.4. The van der Waals surface area contributed by atoms with Crippen LogP contribution in [0.2, 0.25) is 0 Å². The number of carbonyl (C=O) groups is 1. The van der Waals surface area contributed by atoms with Crippen LogP contribution in [0.4, 0.5) is 5.69 Å². The van der Waals surface area contributed by atoms with Crippen molar-refractivity contribution in [2.75, 3.05) is 5.32 Å². The second kappa shape index (κ2) is 6.89. The number of terminal acetylenes is 1. The van der Waals surface area contributed by atoms with Crippen molar-refractivity contribution < 1.29 is 4.79 Å². The van der Waals surface area contributed by atoms with E-state index in [0.29, 0.717) is 25.7 Å². The minimum Gasteiger partial charge on any atom is -0.326 e. The molecule has 0 bridgehead atoms. The first kappa shape index (κ1) is 16.9. The Bertz CT molecular complexity index is 833. The third kappa shape index (κ3) is 3.77. The molecule has 128 valence electrons. The smallest absolute Gasteiger partial charge is 0.224 e. The Morgan fingerprint density at radius 2 is 2.04 bits per heavy atom. The van der Waals surface area contributed by atoms with E-state index in [-0.39, 0.29) is 5.91 Å². The molecule has 1 aromatic heterocycles. The molecule has 1 aliphatic rings. The number of nitrogens with zero attached hydrogens (tertiary/aromatic N) is 3. The molecule has 25 heavy (non-hydrogen) atoms. The maximum absolute atomic E-state index is 12.4. The van der Waals surface area contributed by atoms with Crippen LogP contribution in [-0.4, -0.2) is 21.8 Å². The van der Waals surface area contributed by atoms with E-state index in [1.807, 2.05) is 38.1 Å². The van der Waals surface area contributed by atoms with Crippen molar-refractivity contribution in [3.05, 3.63) is 35.7 Å². The highest BCUT2D eigenvalue weighted by atomic mass is 16.1. The van der Waals surface area contributed by atoms with Crippen molar-refractivity contribution >= 4 is 11.6 Å². The number of rotatable bonds is 7. The Balaban J connectivity index is 1.68. The predicted octanol–water partition coefficient (Wildman–Crippen LogP) is 3.99.